The Morgan fingerprint density at radius 1 is 1.20 bits per heavy atom. The molecule has 0 aliphatic rings. The predicted octanol–water partition coefficient (Wildman–Crippen LogP) is 4.20. The summed E-state index contributed by atoms with van der Waals surface area (Å²) in [6.07, 6.45) is 0. The van der Waals surface area contributed by atoms with E-state index >= 15 is 0 Å². The average molecular weight is 309 g/mol. The largest absolute Gasteiger partial charge is 0.494 e. The van der Waals surface area contributed by atoms with Crippen LogP contribution in [0.5, 0.6) is 5.75 Å². The van der Waals surface area contributed by atoms with Gasteiger partial charge in [0, 0.05) is 10.7 Å². The van der Waals surface area contributed by atoms with E-state index in [-0.39, 0.29) is 12.3 Å². The highest BCUT2D eigenvalue weighted by Gasteiger charge is 2.13. The fourth-order valence-electron chi connectivity index (χ4n) is 2.05. The second-order valence-corrected chi connectivity index (χ2v) is 5.57. The molecule has 4 heteroatoms. The Kier molecular flexibility index (Phi) is 5.42. The van der Waals surface area contributed by atoms with Gasteiger partial charge in [-0.2, -0.15) is 0 Å². The van der Waals surface area contributed by atoms with Gasteiger partial charge in [0.1, 0.15) is 5.75 Å². The van der Waals surface area contributed by atoms with Crippen molar-refractivity contribution in [2.75, 3.05) is 6.61 Å². The highest BCUT2D eigenvalue weighted by atomic mass is 35.5. The van der Waals surface area contributed by atoms with Crippen LogP contribution in [0.3, 0.4) is 0 Å². The van der Waals surface area contributed by atoms with Gasteiger partial charge in [-0.25, -0.2) is 0 Å². The fraction of sp³-hybridized carbons (Fsp3) is 0.250. The Morgan fingerprint density at radius 2 is 1.90 bits per heavy atom. The van der Waals surface area contributed by atoms with Crippen molar-refractivity contribution >= 4 is 20.8 Å². The number of aliphatic hydroxyl groups excluding tert-OH is 1. The maximum atomic E-state index is 9.23. The molecular weight excluding hydrogens is 291 g/mol. The first-order valence-corrected chi connectivity index (χ1v) is 7.57. The molecule has 0 bridgehead atoms. The predicted molar refractivity (Wildman–Crippen MR) is 86.5 cm³/mol. The van der Waals surface area contributed by atoms with Gasteiger partial charge >= 0.3 is 0 Å². The third kappa shape index (κ3) is 3.52. The van der Waals surface area contributed by atoms with Crippen LogP contribution < -0.4 is 4.74 Å². The lowest BCUT2D eigenvalue weighted by molar-refractivity contribution is 0.281. The molecule has 20 heavy (non-hydrogen) atoms. The second kappa shape index (κ2) is 7.08. The van der Waals surface area contributed by atoms with Gasteiger partial charge in [-0.1, -0.05) is 35.9 Å². The van der Waals surface area contributed by atoms with Crippen molar-refractivity contribution < 1.29 is 9.84 Å². The fourth-order valence-corrected chi connectivity index (χ4v) is 2.89. The van der Waals surface area contributed by atoms with Crippen LogP contribution in [0.4, 0.5) is 0 Å². The van der Waals surface area contributed by atoms with Crippen LogP contribution in [0.1, 0.15) is 29.3 Å². The van der Waals surface area contributed by atoms with E-state index in [9.17, 15) is 5.11 Å². The Bertz CT molecular complexity index is 569. The van der Waals surface area contributed by atoms with Gasteiger partial charge in [0.15, 0.2) is 0 Å². The first-order chi connectivity index (χ1) is 9.65. The summed E-state index contributed by atoms with van der Waals surface area (Å²) in [5, 5.41) is 9.94. The van der Waals surface area contributed by atoms with Crippen molar-refractivity contribution in [3.8, 4) is 5.75 Å². The summed E-state index contributed by atoms with van der Waals surface area (Å²) in [4.78, 5) is 0. The van der Waals surface area contributed by atoms with E-state index in [0.29, 0.717) is 11.6 Å². The molecule has 2 aromatic rings. The van der Waals surface area contributed by atoms with Crippen molar-refractivity contribution in [3.63, 3.8) is 0 Å². The number of ether oxygens (including phenoxy) is 1. The Morgan fingerprint density at radius 3 is 2.50 bits per heavy atom. The second-order valence-electron chi connectivity index (χ2n) is 4.49. The highest BCUT2D eigenvalue weighted by Crippen LogP contribution is 2.36. The number of hydrogen-bond donors (Lipinski definition) is 1. The summed E-state index contributed by atoms with van der Waals surface area (Å²) in [5.74, 6) is 0.864. The summed E-state index contributed by atoms with van der Waals surface area (Å²) in [7, 11) is 2.80. The smallest absolute Gasteiger partial charge is 0.119 e. The van der Waals surface area contributed by atoms with Crippen LogP contribution in [-0.2, 0) is 6.61 Å². The molecule has 0 amide bonds. The van der Waals surface area contributed by atoms with Gasteiger partial charge in [-0.05, 0) is 41.8 Å². The Balaban J connectivity index is 2.28. The molecule has 0 saturated heterocycles. The van der Waals surface area contributed by atoms with Gasteiger partial charge in [0.05, 0.1) is 13.2 Å². The van der Waals surface area contributed by atoms with Crippen LogP contribution >= 0.6 is 20.8 Å². The highest BCUT2D eigenvalue weighted by molar-refractivity contribution is 7.17. The lowest BCUT2D eigenvalue weighted by Gasteiger charge is -2.15. The minimum Gasteiger partial charge on any atom is -0.494 e. The Hall–Kier alpha value is -1.08. The summed E-state index contributed by atoms with van der Waals surface area (Å²) < 4.78 is 5.44. The zero-order valence-electron chi connectivity index (χ0n) is 11.3. The van der Waals surface area contributed by atoms with E-state index in [1.54, 1.807) is 0 Å². The van der Waals surface area contributed by atoms with Crippen molar-refractivity contribution in [3.05, 3.63) is 64.2 Å². The third-order valence-electron chi connectivity index (χ3n) is 3.13. The number of aliphatic hydroxyl groups is 1. The van der Waals surface area contributed by atoms with E-state index < -0.39 is 0 Å². The minimum absolute atomic E-state index is 0.0187. The summed E-state index contributed by atoms with van der Waals surface area (Å²) in [6, 6.07) is 13.6. The lowest BCUT2D eigenvalue weighted by Crippen LogP contribution is -1.97. The van der Waals surface area contributed by atoms with Gasteiger partial charge in [-0.3, -0.25) is 0 Å². The van der Waals surface area contributed by atoms with Crippen molar-refractivity contribution in [1.82, 2.24) is 0 Å². The molecule has 106 valence electrons. The molecule has 2 unspecified atom stereocenters. The first-order valence-electron chi connectivity index (χ1n) is 6.53. The SMILES string of the molecule is CCOc1ccc(C(P)c2cc(CO)ccc2Cl)cc1. The van der Waals surface area contributed by atoms with E-state index in [4.69, 9.17) is 16.3 Å². The number of rotatable bonds is 5. The first kappa shape index (κ1) is 15.3. The monoisotopic (exact) mass is 308 g/mol. The maximum Gasteiger partial charge on any atom is 0.119 e. The summed E-state index contributed by atoms with van der Waals surface area (Å²) in [5.41, 5.74) is 3.08. The molecule has 0 aromatic heterocycles. The minimum atomic E-state index is 0.0187. The number of hydrogen-bond acceptors (Lipinski definition) is 2. The summed E-state index contributed by atoms with van der Waals surface area (Å²) in [6.45, 7) is 2.64. The van der Waals surface area contributed by atoms with E-state index in [1.165, 1.54) is 0 Å². The normalized spacial score (nSPS) is 12.2. The quantitative estimate of drug-likeness (QED) is 0.839. The van der Waals surface area contributed by atoms with Crippen LogP contribution in [0.15, 0.2) is 42.5 Å². The zero-order valence-corrected chi connectivity index (χ0v) is 13.3. The maximum absolute atomic E-state index is 9.23. The molecule has 0 radical (unpaired) electrons. The topological polar surface area (TPSA) is 29.5 Å². The lowest BCUT2D eigenvalue weighted by atomic mass is 10.0. The van der Waals surface area contributed by atoms with E-state index in [2.05, 4.69) is 9.24 Å². The van der Waals surface area contributed by atoms with Gasteiger partial charge < -0.3 is 9.84 Å². The number of benzene rings is 2. The van der Waals surface area contributed by atoms with Crippen molar-refractivity contribution in [2.45, 2.75) is 19.2 Å². The van der Waals surface area contributed by atoms with Crippen LogP contribution in [0, 0.1) is 0 Å². The Labute approximate surface area is 126 Å². The molecule has 2 nitrogen and oxygen atoms in total. The number of halogens is 1. The van der Waals surface area contributed by atoms with Gasteiger partial charge in [0.25, 0.3) is 0 Å². The zero-order chi connectivity index (χ0) is 14.5. The summed E-state index contributed by atoms with van der Waals surface area (Å²) >= 11 is 6.26. The van der Waals surface area contributed by atoms with E-state index in [1.807, 2.05) is 49.4 Å². The van der Waals surface area contributed by atoms with Crippen LogP contribution in [0.2, 0.25) is 5.02 Å². The molecule has 2 rings (SSSR count). The van der Waals surface area contributed by atoms with Crippen LogP contribution in [0.25, 0.3) is 0 Å². The molecule has 0 fully saturated rings. The third-order valence-corrected chi connectivity index (χ3v) is 4.22. The van der Waals surface area contributed by atoms with Crippen molar-refractivity contribution in [1.29, 1.82) is 0 Å². The average Bonchev–Trinajstić information content (AvgIpc) is 2.48. The molecule has 2 aromatic carbocycles. The standard InChI is InChI=1S/C16H18ClO2P/c1-2-19-13-6-4-12(5-7-13)16(20)14-9-11(10-18)3-8-15(14)17/h3-9,16,18H,2,10,20H2,1H3. The van der Waals surface area contributed by atoms with E-state index in [0.717, 1.165) is 22.4 Å². The molecule has 1 N–H and O–H groups in total. The molecule has 0 spiro atoms. The molecule has 0 aliphatic carbocycles. The van der Waals surface area contributed by atoms with Gasteiger partial charge in [-0.15, -0.1) is 9.24 Å². The molecule has 2 atom stereocenters. The van der Waals surface area contributed by atoms with Gasteiger partial charge in [0.2, 0.25) is 0 Å². The van der Waals surface area contributed by atoms with Crippen LogP contribution in [-0.4, -0.2) is 11.7 Å². The molecule has 0 aliphatic heterocycles. The van der Waals surface area contributed by atoms with Crippen molar-refractivity contribution in [2.24, 2.45) is 0 Å². The molecule has 0 saturated carbocycles. The molecule has 0 heterocycles. The molecular formula is C16H18ClO2P.